The Morgan fingerprint density at radius 1 is 0.944 bits per heavy atom. The maximum atomic E-state index is 5.93. The molecule has 3 aromatic rings. The zero-order valence-corrected chi connectivity index (χ0v) is 9.97. The molecule has 0 saturated carbocycles. The minimum atomic E-state index is 0.946. The number of fused-ring (bicyclic) bond motifs is 2. The first kappa shape index (κ1) is 9.77. The van der Waals surface area contributed by atoms with E-state index in [4.69, 9.17) is 4.42 Å². The molecule has 0 aliphatic carbocycles. The third-order valence-corrected chi connectivity index (χ3v) is 3.57. The van der Waals surface area contributed by atoms with Crippen LogP contribution in [0.1, 0.15) is 5.56 Å². The van der Waals surface area contributed by atoms with Gasteiger partial charge in [0.2, 0.25) is 5.88 Å². The van der Waals surface area contributed by atoms with Gasteiger partial charge >= 0.3 is 0 Å². The van der Waals surface area contributed by atoms with Crippen LogP contribution in [0, 0.1) is 0 Å². The summed E-state index contributed by atoms with van der Waals surface area (Å²) in [7, 11) is 0. The Bertz CT molecular complexity index is 681. The maximum Gasteiger partial charge on any atom is 0.201 e. The number of para-hydroxylation sites is 2. The van der Waals surface area contributed by atoms with Crippen LogP contribution in [-0.4, -0.2) is 6.54 Å². The van der Waals surface area contributed by atoms with Crippen molar-refractivity contribution in [3.05, 3.63) is 60.2 Å². The van der Waals surface area contributed by atoms with E-state index in [2.05, 4.69) is 41.3 Å². The van der Waals surface area contributed by atoms with Gasteiger partial charge in [-0.1, -0.05) is 36.4 Å². The second-order valence-corrected chi connectivity index (χ2v) is 4.65. The highest BCUT2D eigenvalue weighted by molar-refractivity contribution is 5.83. The van der Waals surface area contributed by atoms with Gasteiger partial charge in [0.15, 0.2) is 0 Å². The van der Waals surface area contributed by atoms with E-state index in [-0.39, 0.29) is 0 Å². The lowest BCUT2D eigenvalue weighted by atomic mass is 10.2. The standard InChI is InChI=1S/C16H13NO/c1-3-7-14-12(5-1)9-10-17(14)16-11-13-6-2-4-8-15(13)18-16/h1-8,11H,9-10H2. The van der Waals surface area contributed by atoms with Crippen molar-refractivity contribution in [2.24, 2.45) is 0 Å². The predicted molar refractivity (Wildman–Crippen MR) is 73.4 cm³/mol. The lowest BCUT2D eigenvalue weighted by Crippen LogP contribution is -2.11. The molecule has 88 valence electrons. The molecule has 0 atom stereocenters. The highest BCUT2D eigenvalue weighted by Crippen LogP contribution is 2.36. The quantitative estimate of drug-likeness (QED) is 0.630. The molecule has 4 rings (SSSR count). The number of hydrogen-bond acceptors (Lipinski definition) is 2. The van der Waals surface area contributed by atoms with Crippen LogP contribution < -0.4 is 4.90 Å². The second kappa shape index (κ2) is 3.64. The predicted octanol–water partition coefficient (Wildman–Crippen LogP) is 4.13. The van der Waals surface area contributed by atoms with Crippen molar-refractivity contribution >= 4 is 22.5 Å². The third kappa shape index (κ3) is 1.35. The van der Waals surface area contributed by atoms with Gasteiger partial charge in [-0.25, -0.2) is 0 Å². The molecule has 18 heavy (non-hydrogen) atoms. The van der Waals surface area contributed by atoms with Gasteiger partial charge in [0.1, 0.15) is 5.58 Å². The smallest absolute Gasteiger partial charge is 0.201 e. The molecule has 0 amide bonds. The fourth-order valence-corrected chi connectivity index (χ4v) is 2.67. The van der Waals surface area contributed by atoms with E-state index in [9.17, 15) is 0 Å². The largest absolute Gasteiger partial charge is 0.440 e. The summed E-state index contributed by atoms with van der Waals surface area (Å²) in [6.07, 6.45) is 1.09. The summed E-state index contributed by atoms with van der Waals surface area (Å²) in [5, 5.41) is 1.16. The Hall–Kier alpha value is -2.22. The summed E-state index contributed by atoms with van der Waals surface area (Å²) < 4.78 is 5.93. The van der Waals surface area contributed by atoms with Crippen molar-refractivity contribution in [1.29, 1.82) is 0 Å². The molecule has 2 heteroatoms. The summed E-state index contributed by atoms with van der Waals surface area (Å²) in [4.78, 5) is 2.26. The van der Waals surface area contributed by atoms with E-state index in [1.165, 1.54) is 11.3 Å². The summed E-state index contributed by atoms with van der Waals surface area (Å²) in [6.45, 7) is 0.999. The fraction of sp³-hybridized carbons (Fsp3) is 0.125. The lowest BCUT2D eigenvalue weighted by Gasteiger charge is -2.15. The normalized spacial score (nSPS) is 14.1. The topological polar surface area (TPSA) is 16.4 Å². The van der Waals surface area contributed by atoms with E-state index in [0.717, 1.165) is 29.8 Å². The minimum absolute atomic E-state index is 0.946. The number of rotatable bonds is 1. The molecular weight excluding hydrogens is 222 g/mol. The molecule has 2 heterocycles. The summed E-state index contributed by atoms with van der Waals surface area (Å²) in [5.74, 6) is 0.946. The SMILES string of the molecule is c1ccc2c(c1)CCN2c1cc2ccccc2o1. The van der Waals surface area contributed by atoms with E-state index in [1.807, 2.05) is 18.2 Å². The Kier molecular flexibility index (Phi) is 1.97. The highest BCUT2D eigenvalue weighted by Gasteiger charge is 2.22. The number of hydrogen-bond donors (Lipinski definition) is 0. The molecule has 0 N–H and O–H groups in total. The molecule has 0 saturated heterocycles. The third-order valence-electron chi connectivity index (χ3n) is 3.57. The van der Waals surface area contributed by atoms with Crippen molar-refractivity contribution < 1.29 is 4.42 Å². The Labute approximate surface area is 105 Å². The average Bonchev–Trinajstić information content (AvgIpc) is 3.02. The summed E-state index contributed by atoms with van der Waals surface area (Å²) in [5.41, 5.74) is 3.63. The molecule has 0 spiro atoms. The maximum absolute atomic E-state index is 5.93. The molecule has 0 unspecified atom stereocenters. The van der Waals surface area contributed by atoms with Gasteiger partial charge in [0.05, 0.1) is 0 Å². The van der Waals surface area contributed by atoms with Crippen molar-refractivity contribution in [3.8, 4) is 0 Å². The van der Waals surface area contributed by atoms with Gasteiger partial charge in [-0.3, -0.25) is 0 Å². The Balaban J connectivity index is 1.85. The van der Waals surface area contributed by atoms with E-state index in [1.54, 1.807) is 0 Å². The van der Waals surface area contributed by atoms with E-state index >= 15 is 0 Å². The van der Waals surface area contributed by atoms with Gasteiger partial charge in [-0.05, 0) is 24.1 Å². The average molecular weight is 235 g/mol. The van der Waals surface area contributed by atoms with Crippen LogP contribution in [0.5, 0.6) is 0 Å². The summed E-state index contributed by atoms with van der Waals surface area (Å²) in [6, 6.07) is 18.8. The zero-order chi connectivity index (χ0) is 11.9. The zero-order valence-electron chi connectivity index (χ0n) is 9.97. The highest BCUT2D eigenvalue weighted by atomic mass is 16.4. The second-order valence-electron chi connectivity index (χ2n) is 4.65. The molecule has 1 aliphatic heterocycles. The number of nitrogens with zero attached hydrogens (tertiary/aromatic N) is 1. The van der Waals surface area contributed by atoms with Crippen LogP contribution in [-0.2, 0) is 6.42 Å². The van der Waals surface area contributed by atoms with Crippen molar-refractivity contribution in [1.82, 2.24) is 0 Å². The lowest BCUT2D eigenvalue weighted by molar-refractivity contribution is 0.610. The monoisotopic (exact) mass is 235 g/mol. The van der Waals surface area contributed by atoms with Crippen LogP contribution in [0.25, 0.3) is 11.0 Å². The van der Waals surface area contributed by atoms with Gasteiger partial charge in [-0.2, -0.15) is 0 Å². The van der Waals surface area contributed by atoms with Crippen molar-refractivity contribution in [3.63, 3.8) is 0 Å². The van der Waals surface area contributed by atoms with Crippen LogP contribution in [0.4, 0.5) is 11.6 Å². The van der Waals surface area contributed by atoms with E-state index in [0.29, 0.717) is 0 Å². The minimum Gasteiger partial charge on any atom is -0.440 e. The molecule has 0 bridgehead atoms. The molecule has 1 aromatic heterocycles. The number of furan rings is 1. The van der Waals surface area contributed by atoms with Gasteiger partial charge in [0, 0.05) is 23.7 Å². The number of benzene rings is 2. The summed E-state index contributed by atoms with van der Waals surface area (Å²) >= 11 is 0. The van der Waals surface area contributed by atoms with Crippen LogP contribution in [0.2, 0.25) is 0 Å². The Morgan fingerprint density at radius 3 is 2.72 bits per heavy atom. The van der Waals surface area contributed by atoms with Gasteiger partial charge < -0.3 is 9.32 Å². The van der Waals surface area contributed by atoms with Crippen molar-refractivity contribution in [2.45, 2.75) is 6.42 Å². The molecule has 2 aromatic carbocycles. The van der Waals surface area contributed by atoms with Crippen LogP contribution in [0.15, 0.2) is 59.0 Å². The molecule has 0 radical (unpaired) electrons. The first-order chi connectivity index (χ1) is 8.92. The van der Waals surface area contributed by atoms with E-state index < -0.39 is 0 Å². The number of anilines is 2. The first-order valence-electron chi connectivity index (χ1n) is 6.26. The van der Waals surface area contributed by atoms with Crippen molar-refractivity contribution in [2.75, 3.05) is 11.4 Å². The molecule has 2 nitrogen and oxygen atoms in total. The molecule has 0 fully saturated rings. The van der Waals surface area contributed by atoms with Gasteiger partial charge in [0.25, 0.3) is 0 Å². The van der Waals surface area contributed by atoms with Gasteiger partial charge in [-0.15, -0.1) is 0 Å². The van der Waals surface area contributed by atoms with Crippen LogP contribution >= 0.6 is 0 Å². The molecule has 1 aliphatic rings. The van der Waals surface area contributed by atoms with Crippen LogP contribution in [0.3, 0.4) is 0 Å². The molecular formula is C16H13NO. The Morgan fingerprint density at radius 2 is 1.78 bits per heavy atom. The fourth-order valence-electron chi connectivity index (χ4n) is 2.67. The first-order valence-corrected chi connectivity index (χ1v) is 6.26.